The Balaban J connectivity index is 0.00000341. The molecule has 3 heterocycles. The van der Waals surface area contributed by atoms with Crippen molar-refractivity contribution in [2.45, 2.75) is 58.9 Å². The Labute approximate surface area is 208 Å². The third-order valence-corrected chi connectivity index (χ3v) is 7.16. The van der Waals surface area contributed by atoms with Gasteiger partial charge in [0.15, 0.2) is 5.96 Å². The minimum Gasteiger partial charge on any atom is -0.357 e. The van der Waals surface area contributed by atoms with Crippen LogP contribution in [0.1, 0.15) is 57.2 Å². The van der Waals surface area contributed by atoms with Gasteiger partial charge in [-0.3, -0.25) is 14.7 Å². The number of carbonyl (C=O) groups is 1. The van der Waals surface area contributed by atoms with Crippen LogP contribution in [-0.4, -0.2) is 90.0 Å². The number of amides is 1. The molecule has 0 saturated carbocycles. The molecule has 2 saturated heterocycles. The van der Waals surface area contributed by atoms with Gasteiger partial charge in [-0.2, -0.15) is 0 Å². The zero-order valence-corrected chi connectivity index (χ0v) is 22.6. The Morgan fingerprint density at radius 2 is 1.81 bits per heavy atom. The van der Waals surface area contributed by atoms with E-state index in [-0.39, 0.29) is 30.0 Å². The Morgan fingerprint density at radius 3 is 2.39 bits per heavy atom. The molecule has 1 aromatic rings. The summed E-state index contributed by atoms with van der Waals surface area (Å²) in [6.45, 7) is 15.6. The van der Waals surface area contributed by atoms with Gasteiger partial charge in [-0.25, -0.2) is 4.98 Å². The van der Waals surface area contributed by atoms with Gasteiger partial charge in [-0.15, -0.1) is 35.3 Å². The molecule has 0 aromatic carbocycles. The van der Waals surface area contributed by atoms with E-state index in [0.29, 0.717) is 11.8 Å². The van der Waals surface area contributed by atoms with Crippen LogP contribution in [0.3, 0.4) is 0 Å². The smallest absolute Gasteiger partial charge is 0.239 e. The van der Waals surface area contributed by atoms with Crippen LogP contribution >= 0.6 is 35.3 Å². The van der Waals surface area contributed by atoms with E-state index in [4.69, 9.17) is 9.98 Å². The Bertz CT molecular complexity index is 711. The predicted molar refractivity (Wildman–Crippen MR) is 140 cm³/mol. The highest BCUT2D eigenvalue weighted by Crippen LogP contribution is 2.19. The third-order valence-electron chi connectivity index (χ3n) is 5.96. The normalized spacial score (nSPS) is 18.9. The number of nitrogens with zero attached hydrogens (tertiary/aromatic N) is 5. The summed E-state index contributed by atoms with van der Waals surface area (Å²) in [5.41, 5.74) is 1.14. The molecule has 0 radical (unpaired) electrons. The first-order valence-corrected chi connectivity index (χ1v) is 12.4. The molecule has 1 unspecified atom stereocenters. The van der Waals surface area contributed by atoms with Crippen LogP contribution in [-0.2, 0) is 11.2 Å². The van der Waals surface area contributed by atoms with E-state index in [9.17, 15) is 4.79 Å². The topological polar surface area (TPSA) is 64.1 Å². The fraction of sp³-hybridized carbons (Fsp3) is 0.773. The number of nitrogens with one attached hydrogen (secondary N) is 1. The van der Waals surface area contributed by atoms with E-state index in [1.165, 1.54) is 5.01 Å². The van der Waals surface area contributed by atoms with Crippen molar-refractivity contribution in [2.75, 3.05) is 52.4 Å². The van der Waals surface area contributed by atoms with Crippen molar-refractivity contribution >= 4 is 47.2 Å². The lowest BCUT2D eigenvalue weighted by Crippen LogP contribution is -2.57. The van der Waals surface area contributed by atoms with Crippen LogP contribution in [0.4, 0.5) is 0 Å². The number of hydrogen-bond donors (Lipinski definition) is 1. The SMILES string of the molecule is CCNC(=NCCc1csc(C(C)C)n1)N1CCN(C(C)C(=O)N2CCCC2)CC1.I. The minimum atomic E-state index is -0.0235. The Hall–Kier alpha value is -0.940. The van der Waals surface area contributed by atoms with E-state index in [2.05, 4.69) is 48.2 Å². The highest BCUT2D eigenvalue weighted by atomic mass is 127. The van der Waals surface area contributed by atoms with E-state index < -0.39 is 0 Å². The van der Waals surface area contributed by atoms with Crippen LogP contribution in [0.15, 0.2) is 10.4 Å². The first-order chi connectivity index (χ1) is 14.5. The van der Waals surface area contributed by atoms with Crippen LogP contribution < -0.4 is 5.32 Å². The molecule has 3 rings (SSSR count). The number of thiazole rings is 1. The van der Waals surface area contributed by atoms with Gasteiger partial charge in [0.05, 0.1) is 16.7 Å². The van der Waals surface area contributed by atoms with Gasteiger partial charge in [0.25, 0.3) is 0 Å². The molecule has 0 spiro atoms. The maximum atomic E-state index is 12.7. The van der Waals surface area contributed by atoms with Crippen molar-refractivity contribution in [1.29, 1.82) is 0 Å². The number of rotatable bonds is 7. The van der Waals surface area contributed by atoms with Gasteiger partial charge < -0.3 is 15.1 Å². The number of likely N-dealkylation sites (tertiary alicyclic amines) is 1. The van der Waals surface area contributed by atoms with Crippen LogP contribution in [0, 0.1) is 0 Å². The maximum Gasteiger partial charge on any atom is 0.239 e. The maximum absolute atomic E-state index is 12.7. The van der Waals surface area contributed by atoms with Crippen molar-refractivity contribution < 1.29 is 4.79 Å². The summed E-state index contributed by atoms with van der Waals surface area (Å²) in [4.78, 5) is 29.0. The van der Waals surface area contributed by atoms with Gasteiger partial charge in [0.2, 0.25) is 5.91 Å². The highest BCUT2D eigenvalue weighted by Gasteiger charge is 2.30. The largest absolute Gasteiger partial charge is 0.357 e. The fourth-order valence-electron chi connectivity index (χ4n) is 4.08. The average Bonchev–Trinajstić information content (AvgIpc) is 3.44. The van der Waals surface area contributed by atoms with E-state index in [1.54, 1.807) is 11.3 Å². The molecular formula is C22H39IN6OS. The molecule has 1 N–H and O–H groups in total. The van der Waals surface area contributed by atoms with Crippen molar-refractivity contribution in [3.05, 3.63) is 16.1 Å². The standard InChI is InChI=1S/C22H38N6OS.HI/c1-5-23-22(24-9-8-19-16-30-20(25-19)17(2)3)28-14-12-26(13-15-28)18(4)21(29)27-10-6-7-11-27;/h16-18H,5-15H2,1-4H3,(H,23,24);1H. The van der Waals surface area contributed by atoms with Crippen molar-refractivity contribution in [2.24, 2.45) is 4.99 Å². The second-order valence-electron chi connectivity index (χ2n) is 8.55. The molecular weight excluding hydrogens is 523 g/mol. The van der Waals surface area contributed by atoms with Crippen molar-refractivity contribution in [3.8, 4) is 0 Å². The summed E-state index contributed by atoms with van der Waals surface area (Å²) in [6, 6.07) is -0.0235. The molecule has 2 aliphatic rings. The van der Waals surface area contributed by atoms with Crippen LogP contribution in [0.25, 0.3) is 0 Å². The molecule has 2 fully saturated rings. The molecule has 9 heteroatoms. The molecule has 7 nitrogen and oxygen atoms in total. The number of aromatic nitrogens is 1. The second-order valence-corrected chi connectivity index (χ2v) is 9.44. The van der Waals surface area contributed by atoms with Gasteiger partial charge in [0.1, 0.15) is 0 Å². The number of hydrogen-bond acceptors (Lipinski definition) is 5. The quantitative estimate of drug-likeness (QED) is 0.315. The zero-order valence-electron chi connectivity index (χ0n) is 19.5. The molecule has 0 bridgehead atoms. The molecule has 31 heavy (non-hydrogen) atoms. The molecule has 1 amide bonds. The molecule has 2 aliphatic heterocycles. The van der Waals surface area contributed by atoms with E-state index in [1.807, 2.05) is 4.90 Å². The number of carbonyl (C=O) groups excluding carboxylic acids is 1. The van der Waals surface area contributed by atoms with Gasteiger partial charge >= 0.3 is 0 Å². The Kier molecular flexibility index (Phi) is 11.0. The third kappa shape index (κ3) is 7.28. The van der Waals surface area contributed by atoms with E-state index in [0.717, 1.165) is 83.3 Å². The van der Waals surface area contributed by atoms with Gasteiger partial charge in [0, 0.05) is 70.1 Å². The Morgan fingerprint density at radius 1 is 1.13 bits per heavy atom. The lowest BCUT2D eigenvalue weighted by molar-refractivity contribution is -0.135. The van der Waals surface area contributed by atoms with Crippen molar-refractivity contribution in [3.63, 3.8) is 0 Å². The van der Waals surface area contributed by atoms with Gasteiger partial charge in [-0.05, 0) is 26.7 Å². The second kappa shape index (κ2) is 12.9. The summed E-state index contributed by atoms with van der Waals surface area (Å²) < 4.78 is 0. The summed E-state index contributed by atoms with van der Waals surface area (Å²) in [5.74, 6) is 1.76. The van der Waals surface area contributed by atoms with Crippen LogP contribution in [0.2, 0.25) is 0 Å². The predicted octanol–water partition coefficient (Wildman–Crippen LogP) is 3.02. The highest BCUT2D eigenvalue weighted by molar-refractivity contribution is 14.0. The summed E-state index contributed by atoms with van der Waals surface area (Å²) in [7, 11) is 0. The fourth-order valence-corrected chi connectivity index (χ4v) is 4.95. The van der Waals surface area contributed by atoms with Gasteiger partial charge in [-0.1, -0.05) is 13.8 Å². The molecule has 1 atom stereocenters. The number of piperazine rings is 1. The number of guanidine groups is 1. The lowest BCUT2D eigenvalue weighted by Gasteiger charge is -2.39. The average molecular weight is 563 g/mol. The first kappa shape index (κ1) is 26.3. The minimum absolute atomic E-state index is 0. The lowest BCUT2D eigenvalue weighted by atomic mass is 10.2. The summed E-state index contributed by atoms with van der Waals surface area (Å²) in [5, 5.41) is 6.80. The number of halogens is 1. The molecule has 1 aromatic heterocycles. The number of aliphatic imine (C=N–C) groups is 1. The molecule has 0 aliphatic carbocycles. The van der Waals surface area contributed by atoms with Crippen molar-refractivity contribution in [1.82, 2.24) is 25.0 Å². The first-order valence-electron chi connectivity index (χ1n) is 11.5. The monoisotopic (exact) mass is 562 g/mol. The summed E-state index contributed by atoms with van der Waals surface area (Å²) in [6.07, 6.45) is 3.17. The summed E-state index contributed by atoms with van der Waals surface area (Å²) >= 11 is 1.75. The van der Waals surface area contributed by atoms with Crippen LogP contribution in [0.5, 0.6) is 0 Å². The molecule has 176 valence electrons. The van der Waals surface area contributed by atoms with E-state index >= 15 is 0 Å². The zero-order chi connectivity index (χ0) is 21.5.